The van der Waals surface area contributed by atoms with Crippen LogP contribution in [0.4, 0.5) is 10.5 Å². The molecule has 0 aromatic heterocycles. The Hall–Kier alpha value is -3.55. The number of ether oxygens (including phenoxy) is 3. The lowest BCUT2D eigenvalue weighted by Crippen LogP contribution is -2.37. The molecule has 0 aliphatic carbocycles. The van der Waals surface area contributed by atoms with Crippen molar-refractivity contribution < 1.29 is 28.6 Å². The van der Waals surface area contributed by atoms with Crippen molar-refractivity contribution in [2.75, 3.05) is 26.1 Å². The molecule has 0 atom stereocenters. The number of hydrogen-bond acceptors (Lipinski definition) is 6. The van der Waals surface area contributed by atoms with Crippen LogP contribution in [0.1, 0.15) is 15.9 Å². The first-order chi connectivity index (χ1) is 12.9. The Morgan fingerprint density at radius 1 is 0.963 bits per heavy atom. The summed E-state index contributed by atoms with van der Waals surface area (Å²) in [5.74, 6) is -0.281. The number of nitrogens with one attached hydrogen (secondary N) is 2. The molecule has 0 bridgehead atoms. The van der Waals surface area contributed by atoms with E-state index in [1.165, 1.54) is 20.3 Å². The van der Waals surface area contributed by atoms with Crippen molar-refractivity contribution in [3.63, 3.8) is 0 Å². The molecule has 142 valence electrons. The summed E-state index contributed by atoms with van der Waals surface area (Å²) in [6.45, 7) is 1.24. The molecule has 2 rings (SSSR count). The number of imide groups is 1. The highest BCUT2D eigenvalue weighted by Crippen LogP contribution is 2.19. The van der Waals surface area contributed by atoms with Crippen LogP contribution in [0, 0.1) is 6.92 Å². The zero-order valence-electron chi connectivity index (χ0n) is 15.2. The van der Waals surface area contributed by atoms with Crippen molar-refractivity contribution in [3.05, 3.63) is 53.6 Å². The molecular formula is C19H20N2O6. The second kappa shape index (κ2) is 9.23. The van der Waals surface area contributed by atoms with Crippen LogP contribution < -0.4 is 20.1 Å². The minimum atomic E-state index is -0.756. The van der Waals surface area contributed by atoms with E-state index in [0.717, 1.165) is 5.56 Å². The fourth-order valence-corrected chi connectivity index (χ4v) is 2.16. The molecule has 0 aliphatic heterocycles. The number of anilines is 1. The number of amides is 3. The smallest absolute Gasteiger partial charge is 0.338 e. The summed E-state index contributed by atoms with van der Waals surface area (Å²) in [6, 6.07) is 10.6. The van der Waals surface area contributed by atoms with Crippen LogP contribution >= 0.6 is 0 Å². The minimum Gasteiger partial charge on any atom is -0.497 e. The monoisotopic (exact) mass is 372 g/mol. The Balaban J connectivity index is 1.82. The summed E-state index contributed by atoms with van der Waals surface area (Å²) >= 11 is 0. The van der Waals surface area contributed by atoms with Gasteiger partial charge in [0.25, 0.3) is 5.91 Å². The van der Waals surface area contributed by atoms with E-state index in [0.29, 0.717) is 17.2 Å². The van der Waals surface area contributed by atoms with Crippen LogP contribution in [0.2, 0.25) is 0 Å². The Kier molecular flexibility index (Phi) is 6.76. The van der Waals surface area contributed by atoms with Gasteiger partial charge < -0.3 is 19.5 Å². The van der Waals surface area contributed by atoms with Gasteiger partial charge in [0.05, 0.1) is 19.8 Å². The molecule has 0 spiro atoms. The number of hydrogen-bond donors (Lipinski definition) is 2. The number of aryl methyl sites for hydroxylation is 1. The molecular weight excluding hydrogens is 352 g/mol. The molecule has 0 aliphatic rings. The van der Waals surface area contributed by atoms with Crippen molar-refractivity contribution in [1.82, 2.24) is 5.32 Å². The van der Waals surface area contributed by atoms with Gasteiger partial charge in [-0.1, -0.05) is 6.07 Å². The quantitative estimate of drug-likeness (QED) is 0.756. The normalized spacial score (nSPS) is 9.89. The van der Waals surface area contributed by atoms with Crippen LogP contribution in [-0.4, -0.2) is 38.7 Å². The highest BCUT2D eigenvalue weighted by atomic mass is 16.5. The SMILES string of the molecule is COc1ccc(NC(=O)NC(=O)COC(=O)c2ccc(C)c(OC)c2)cc1. The zero-order valence-corrected chi connectivity index (χ0v) is 15.2. The van der Waals surface area contributed by atoms with Gasteiger partial charge in [0.15, 0.2) is 6.61 Å². The highest BCUT2D eigenvalue weighted by Gasteiger charge is 2.14. The fourth-order valence-electron chi connectivity index (χ4n) is 2.16. The lowest BCUT2D eigenvalue weighted by atomic mass is 10.1. The van der Waals surface area contributed by atoms with Gasteiger partial charge in [-0.25, -0.2) is 9.59 Å². The van der Waals surface area contributed by atoms with E-state index in [1.807, 2.05) is 6.92 Å². The van der Waals surface area contributed by atoms with Gasteiger partial charge >= 0.3 is 12.0 Å². The third-order valence-electron chi connectivity index (χ3n) is 3.58. The van der Waals surface area contributed by atoms with Gasteiger partial charge in [0, 0.05) is 5.69 Å². The predicted molar refractivity (Wildman–Crippen MR) is 98.2 cm³/mol. The Morgan fingerprint density at radius 2 is 1.67 bits per heavy atom. The van der Waals surface area contributed by atoms with Crippen LogP contribution in [0.3, 0.4) is 0 Å². The maximum Gasteiger partial charge on any atom is 0.338 e. The Morgan fingerprint density at radius 3 is 2.30 bits per heavy atom. The third kappa shape index (κ3) is 5.74. The third-order valence-corrected chi connectivity index (χ3v) is 3.58. The van der Waals surface area contributed by atoms with E-state index >= 15 is 0 Å². The minimum absolute atomic E-state index is 0.243. The predicted octanol–water partition coefficient (Wildman–Crippen LogP) is 2.52. The number of benzene rings is 2. The highest BCUT2D eigenvalue weighted by molar-refractivity contribution is 6.02. The van der Waals surface area contributed by atoms with Gasteiger partial charge in [-0.05, 0) is 48.9 Å². The lowest BCUT2D eigenvalue weighted by Gasteiger charge is -2.09. The molecule has 8 nitrogen and oxygen atoms in total. The van der Waals surface area contributed by atoms with E-state index < -0.39 is 24.5 Å². The fraction of sp³-hybridized carbons (Fsp3) is 0.211. The molecule has 2 aromatic carbocycles. The summed E-state index contributed by atoms with van der Waals surface area (Å²) in [6.07, 6.45) is 0. The summed E-state index contributed by atoms with van der Waals surface area (Å²) in [5.41, 5.74) is 1.58. The van der Waals surface area contributed by atoms with Gasteiger partial charge in [0.2, 0.25) is 0 Å². The van der Waals surface area contributed by atoms with Crippen molar-refractivity contribution in [2.45, 2.75) is 6.92 Å². The van der Waals surface area contributed by atoms with E-state index in [9.17, 15) is 14.4 Å². The second-order valence-electron chi connectivity index (χ2n) is 5.49. The van der Waals surface area contributed by atoms with Gasteiger partial charge in [-0.15, -0.1) is 0 Å². The summed E-state index contributed by atoms with van der Waals surface area (Å²) < 4.78 is 15.1. The van der Waals surface area contributed by atoms with Gasteiger partial charge in [-0.2, -0.15) is 0 Å². The maximum atomic E-state index is 12.0. The first-order valence-electron chi connectivity index (χ1n) is 7.99. The van der Waals surface area contributed by atoms with Crippen LogP contribution in [0.5, 0.6) is 11.5 Å². The maximum absolute atomic E-state index is 12.0. The van der Waals surface area contributed by atoms with Crippen molar-refractivity contribution in [3.8, 4) is 11.5 Å². The molecule has 0 unspecified atom stereocenters. The Labute approximate surface area is 156 Å². The average Bonchev–Trinajstić information content (AvgIpc) is 2.67. The average molecular weight is 372 g/mol. The molecule has 0 fully saturated rings. The van der Waals surface area contributed by atoms with Crippen molar-refractivity contribution in [1.29, 1.82) is 0 Å². The molecule has 0 radical (unpaired) electrons. The lowest BCUT2D eigenvalue weighted by molar-refractivity contribution is -0.123. The number of esters is 1. The molecule has 8 heteroatoms. The molecule has 2 aromatic rings. The summed E-state index contributed by atoms with van der Waals surface area (Å²) in [5, 5.41) is 4.55. The standard InChI is InChI=1S/C19H20N2O6/c1-12-4-5-13(10-16(12)26-3)18(23)27-11-17(22)21-19(24)20-14-6-8-15(25-2)9-7-14/h4-10H,11H2,1-3H3,(H2,20,21,22,24). The zero-order chi connectivity index (χ0) is 19.8. The summed E-state index contributed by atoms with van der Waals surface area (Å²) in [7, 11) is 3.02. The van der Waals surface area contributed by atoms with Crippen LogP contribution in [0.15, 0.2) is 42.5 Å². The molecule has 0 saturated heterocycles. The van der Waals surface area contributed by atoms with E-state index in [2.05, 4.69) is 10.6 Å². The van der Waals surface area contributed by atoms with Gasteiger partial charge in [-0.3, -0.25) is 10.1 Å². The number of rotatable bonds is 6. The van der Waals surface area contributed by atoms with E-state index in [-0.39, 0.29) is 5.56 Å². The van der Waals surface area contributed by atoms with Gasteiger partial charge in [0.1, 0.15) is 11.5 Å². The largest absolute Gasteiger partial charge is 0.497 e. The van der Waals surface area contributed by atoms with E-state index in [4.69, 9.17) is 14.2 Å². The van der Waals surface area contributed by atoms with Crippen LogP contribution in [-0.2, 0) is 9.53 Å². The van der Waals surface area contributed by atoms with Crippen molar-refractivity contribution >= 4 is 23.6 Å². The topological polar surface area (TPSA) is 103 Å². The first-order valence-corrected chi connectivity index (χ1v) is 7.99. The Bertz CT molecular complexity index is 833. The number of carbonyl (C=O) groups is 3. The molecule has 27 heavy (non-hydrogen) atoms. The molecule has 0 heterocycles. The molecule has 3 amide bonds. The number of methoxy groups -OCH3 is 2. The molecule has 2 N–H and O–H groups in total. The first kappa shape index (κ1) is 19.8. The molecule has 0 saturated carbocycles. The van der Waals surface area contributed by atoms with E-state index in [1.54, 1.807) is 36.4 Å². The van der Waals surface area contributed by atoms with Crippen LogP contribution in [0.25, 0.3) is 0 Å². The number of urea groups is 1. The van der Waals surface area contributed by atoms with Crippen molar-refractivity contribution in [2.24, 2.45) is 0 Å². The number of carbonyl (C=O) groups excluding carboxylic acids is 3. The summed E-state index contributed by atoms with van der Waals surface area (Å²) in [4.78, 5) is 35.5. The second-order valence-corrected chi connectivity index (χ2v) is 5.49.